The molecule has 0 bridgehead atoms. The van der Waals surface area contributed by atoms with E-state index >= 15 is 0 Å². The summed E-state index contributed by atoms with van der Waals surface area (Å²) >= 11 is 0. The number of carbonyl (C=O) groups excluding carboxylic acids is 1. The lowest BCUT2D eigenvalue weighted by Crippen LogP contribution is -2.27. The number of nitrogens with zero attached hydrogens (tertiary/aromatic N) is 2. The third-order valence-corrected chi connectivity index (χ3v) is 5.09. The number of aryl methyl sites for hydroxylation is 1. The Morgan fingerprint density at radius 1 is 1.10 bits per heavy atom. The highest BCUT2D eigenvalue weighted by Crippen LogP contribution is 2.36. The maximum Gasteiger partial charge on any atom is 0.303 e. The van der Waals surface area contributed by atoms with Crippen LogP contribution in [0.1, 0.15) is 48.4 Å². The fourth-order valence-corrected chi connectivity index (χ4v) is 3.57. The van der Waals surface area contributed by atoms with E-state index in [1.54, 1.807) is 14.2 Å². The monoisotopic (exact) mass is 410 g/mol. The molecule has 1 N–H and O–H groups in total. The molecule has 0 spiro atoms. The molecule has 2 aromatic rings. The van der Waals surface area contributed by atoms with Crippen LogP contribution in [-0.4, -0.2) is 41.9 Å². The quantitative estimate of drug-likeness (QED) is 0.712. The number of hydrazone groups is 1. The van der Waals surface area contributed by atoms with E-state index in [4.69, 9.17) is 14.6 Å². The maximum atomic E-state index is 12.9. The molecule has 7 heteroatoms. The zero-order valence-corrected chi connectivity index (χ0v) is 17.4. The van der Waals surface area contributed by atoms with Crippen LogP contribution in [0.3, 0.4) is 0 Å². The van der Waals surface area contributed by atoms with Crippen LogP contribution in [0.15, 0.2) is 47.6 Å². The van der Waals surface area contributed by atoms with Gasteiger partial charge in [-0.1, -0.05) is 29.8 Å². The van der Waals surface area contributed by atoms with Gasteiger partial charge in [-0.05, 0) is 37.1 Å². The normalized spacial score (nSPS) is 15.6. The molecule has 30 heavy (non-hydrogen) atoms. The van der Waals surface area contributed by atoms with Crippen LogP contribution < -0.4 is 9.47 Å². The first kappa shape index (κ1) is 21.4. The number of aliphatic carboxylic acids is 1. The van der Waals surface area contributed by atoms with E-state index in [9.17, 15) is 9.59 Å². The standard InChI is InChI=1S/C23H26N2O5/c1-15-6-4-7-17(12-15)19-14-18(16-10-11-20(29-2)21(13-16)30-3)24-25(19)22(26)8-5-9-23(27)28/h4,6-7,10-13,19H,5,8-9,14H2,1-3H3,(H,27,28)/t19-/m1/s1. The number of carboxylic acid groups (broad SMARTS) is 1. The van der Waals surface area contributed by atoms with Gasteiger partial charge in [-0.3, -0.25) is 9.59 Å². The van der Waals surface area contributed by atoms with Gasteiger partial charge >= 0.3 is 5.97 Å². The summed E-state index contributed by atoms with van der Waals surface area (Å²) < 4.78 is 10.7. The van der Waals surface area contributed by atoms with Crippen molar-refractivity contribution in [2.75, 3.05) is 14.2 Å². The SMILES string of the molecule is COc1ccc(C2=NN(C(=O)CCCC(=O)O)[C@@H](c3cccc(C)c3)C2)cc1OC. The van der Waals surface area contributed by atoms with Crippen LogP contribution >= 0.6 is 0 Å². The van der Waals surface area contributed by atoms with Crippen molar-refractivity contribution in [1.29, 1.82) is 0 Å². The molecule has 0 aliphatic carbocycles. The smallest absolute Gasteiger partial charge is 0.303 e. The van der Waals surface area contributed by atoms with Crippen molar-refractivity contribution in [3.05, 3.63) is 59.2 Å². The van der Waals surface area contributed by atoms with Gasteiger partial charge in [0, 0.05) is 24.8 Å². The lowest BCUT2D eigenvalue weighted by Gasteiger charge is -2.22. The molecule has 0 saturated heterocycles. The number of rotatable bonds is 8. The molecule has 1 amide bonds. The zero-order chi connectivity index (χ0) is 21.7. The van der Waals surface area contributed by atoms with E-state index in [0.717, 1.165) is 22.4 Å². The first-order valence-corrected chi connectivity index (χ1v) is 9.83. The van der Waals surface area contributed by atoms with Crippen molar-refractivity contribution >= 4 is 17.6 Å². The second kappa shape index (κ2) is 9.43. The third-order valence-electron chi connectivity index (χ3n) is 5.09. The van der Waals surface area contributed by atoms with Gasteiger partial charge < -0.3 is 14.6 Å². The number of carboxylic acids is 1. The number of methoxy groups -OCH3 is 2. The topological polar surface area (TPSA) is 88.4 Å². The average molecular weight is 410 g/mol. The summed E-state index contributed by atoms with van der Waals surface area (Å²) in [6.07, 6.45) is 0.939. The Labute approximate surface area is 175 Å². The van der Waals surface area contributed by atoms with Crippen LogP contribution in [0, 0.1) is 6.92 Å². The molecule has 0 aromatic heterocycles. The van der Waals surface area contributed by atoms with Gasteiger partial charge in [0.15, 0.2) is 11.5 Å². The number of carbonyl (C=O) groups is 2. The van der Waals surface area contributed by atoms with E-state index < -0.39 is 5.97 Å². The lowest BCUT2D eigenvalue weighted by atomic mass is 9.97. The van der Waals surface area contributed by atoms with Crippen molar-refractivity contribution in [3.8, 4) is 11.5 Å². The zero-order valence-electron chi connectivity index (χ0n) is 17.4. The van der Waals surface area contributed by atoms with E-state index in [0.29, 0.717) is 17.9 Å². The molecule has 1 atom stereocenters. The summed E-state index contributed by atoms with van der Waals surface area (Å²) in [5, 5.41) is 15.0. The second-order valence-electron chi connectivity index (χ2n) is 7.24. The highest BCUT2D eigenvalue weighted by molar-refractivity contribution is 6.03. The number of hydrogen-bond acceptors (Lipinski definition) is 5. The Morgan fingerprint density at radius 2 is 1.87 bits per heavy atom. The van der Waals surface area contributed by atoms with Crippen molar-refractivity contribution < 1.29 is 24.2 Å². The molecular weight excluding hydrogens is 384 g/mol. The maximum absolute atomic E-state index is 12.9. The predicted molar refractivity (Wildman–Crippen MR) is 113 cm³/mol. The molecule has 2 aromatic carbocycles. The Hall–Kier alpha value is -3.35. The van der Waals surface area contributed by atoms with Crippen LogP contribution in [0.25, 0.3) is 0 Å². The van der Waals surface area contributed by atoms with Gasteiger partial charge in [-0.25, -0.2) is 5.01 Å². The number of ether oxygens (including phenoxy) is 2. The lowest BCUT2D eigenvalue weighted by molar-refractivity contribution is -0.137. The summed E-state index contributed by atoms with van der Waals surface area (Å²) in [5.41, 5.74) is 3.73. The van der Waals surface area contributed by atoms with Crippen LogP contribution in [-0.2, 0) is 9.59 Å². The van der Waals surface area contributed by atoms with E-state index in [2.05, 4.69) is 11.2 Å². The molecule has 0 unspecified atom stereocenters. The first-order valence-electron chi connectivity index (χ1n) is 9.83. The largest absolute Gasteiger partial charge is 0.493 e. The predicted octanol–water partition coefficient (Wildman–Crippen LogP) is 3.94. The highest BCUT2D eigenvalue weighted by atomic mass is 16.5. The number of hydrogen-bond donors (Lipinski definition) is 1. The Kier molecular flexibility index (Phi) is 6.72. The van der Waals surface area contributed by atoms with Gasteiger partial charge in [0.05, 0.1) is 26.0 Å². The van der Waals surface area contributed by atoms with Gasteiger partial charge in [-0.15, -0.1) is 0 Å². The van der Waals surface area contributed by atoms with Crippen LogP contribution in [0.4, 0.5) is 0 Å². The Bertz CT molecular complexity index is 970. The molecule has 158 valence electrons. The first-order chi connectivity index (χ1) is 14.4. The number of amides is 1. The molecule has 1 aliphatic rings. The van der Waals surface area contributed by atoms with E-state index in [-0.39, 0.29) is 31.2 Å². The molecular formula is C23H26N2O5. The summed E-state index contributed by atoms with van der Waals surface area (Å²) in [6.45, 7) is 2.01. The number of benzene rings is 2. The van der Waals surface area contributed by atoms with Crippen molar-refractivity contribution in [2.24, 2.45) is 5.10 Å². The molecule has 0 radical (unpaired) electrons. The van der Waals surface area contributed by atoms with Gasteiger partial charge in [-0.2, -0.15) is 5.10 Å². The van der Waals surface area contributed by atoms with Crippen molar-refractivity contribution in [2.45, 2.75) is 38.6 Å². The molecule has 3 rings (SSSR count). The van der Waals surface area contributed by atoms with Gasteiger partial charge in [0.2, 0.25) is 5.91 Å². The molecule has 7 nitrogen and oxygen atoms in total. The van der Waals surface area contributed by atoms with E-state index in [1.165, 1.54) is 5.01 Å². The molecule has 1 heterocycles. The summed E-state index contributed by atoms with van der Waals surface area (Å²) in [4.78, 5) is 23.7. The fourth-order valence-electron chi connectivity index (χ4n) is 3.57. The van der Waals surface area contributed by atoms with Gasteiger partial charge in [0.1, 0.15) is 0 Å². The molecule has 0 fully saturated rings. The fraction of sp³-hybridized carbons (Fsp3) is 0.348. The van der Waals surface area contributed by atoms with E-state index in [1.807, 2.05) is 43.3 Å². The summed E-state index contributed by atoms with van der Waals surface area (Å²) in [5.74, 6) is 0.125. The van der Waals surface area contributed by atoms with Gasteiger partial charge in [0.25, 0.3) is 0 Å². The highest BCUT2D eigenvalue weighted by Gasteiger charge is 2.33. The summed E-state index contributed by atoms with van der Waals surface area (Å²) in [7, 11) is 3.15. The minimum absolute atomic E-state index is 0.0407. The average Bonchev–Trinajstić information content (AvgIpc) is 3.18. The minimum Gasteiger partial charge on any atom is -0.493 e. The summed E-state index contributed by atoms with van der Waals surface area (Å²) in [6, 6.07) is 13.3. The molecule has 1 aliphatic heterocycles. The van der Waals surface area contributed by atoms with Crippen molar-refractivity contribution in [1.82, 2.24) is 5.01 Å². The van der Waals surface area contributed by atoms with Crippen LogP contribution in [0.2, 0.25) is 0 Å². The van der Waals surface area contributed by atoms with Crippen molar-refractivity contribution in [3.63, 3.8) is 0 Å². The Balaban J connectivity index is 1.91. The van der Waals surface area contributed by atoms with Crippen LogP contribution in [0.5, 0.6) is 11.5 Å². The third kappa shape index (κ3) is 4.79. The minimum atomic E-state index is -0.908. The Morgan fingerprint density at radius 3 is 2.53 bits per heavy atom. The second-order valence-corrected chi connectivity index (χ2v) is 7.24. The molecule has 0 saturated carbocycles.